The second-order valence-corrected chi connectivity index (χ2v) is 5.09. The van der Waals surface area contributed by atoms with Crippen molar-refractivity contribution in [3.05, 3.63) is 52.5 Å². The highest BCUT2D eigenvalue weighted by Gasteiger charge is 2.17. The normalized spacial score (nSPS) is 11.6. The molecule has 2 aromatic rings. The van der Waals surface area contributed by atoms with Gasteiger partial charge in [0.2, 0.25) is 0 Å². The summed E-state index contributed by atoms with van der Waals surface area (Å²) in [5.74, 6) is -0.969. The molecule has 2 amide bonds. The van der Waals surface area contributed by atoms with Crippen LogP contribution in [0.5, 0.6) is 0 Å². The number of urea groups is 1. The first kappa shape index (κ1) is 15.0. The molecule has 21 heavy (non-hydrogen) atoms. The highest BCUT2D eigenvalue weighted by atomic mass is 32.1. The minimum atomic E-state index is -0.969. The Balaban J connectivity index is 1.94. The maximum Gasteiger partial charge on any atom is 0.315 e. The maximum atomic E-state index is 11.9. The van der Waals surface area contributed by atoms with Gasteiger partial charge >= 0.3 is 12.0 Å². The summed E-state index contributed by atoms with van der Waals surface area (Å²) in [7, 11) is 0. The standard InChI is InChI=1S/C14H15N3O3S/c18-13(19)6-12(10-4-2-1-3-5-10)17-14(20)15-7-11-8-21-9-16-11/h1-5,8-9,12H,6-7H2,(H,18,19)(H2,15,17,20). The van der Waals surface area contributed by atoms with Crippen molar-refractivity contribution in [3.8, 4) is 0 Å². The number of benzene rings is 1. The Morgan fingerprint density at radius 2 is 2.05 bits per heavy atom. The number of nitrogens with zero attached hydrogens (tertiary/aromatic N) is 1. The Morgan fingerprint density at radius 1 is 1.29 bits per heavy atom. The van der Waals surface area contributed by atoms with E-state index in [1.54, 1.807) is 29.8 Å². The topological polar surface area (TPSA) is 91.3 Å². The van der Waals surface area contributed by atoms with Crippen LogP contribution in [0.4, 0.5) is 4.79 Å². The van der Waals surface area contributed by atoms with Gasteiger partial charge in [0.15, 0.2) is 0 Å². The lowest BCUT2D eigenvalue weighted by molar-refractivity contribution is -0.137. The molecule has 7 heteroatoms. The molecule has 0 saturated carbocycles. The van der Waals surface area contributed by atoms with Crippen molar-refractivity contribution in [2.75, 3.05) is 0 Å². The van der Waals surface area contributed by atoms with Crippen molar-refractivity contribution in [3.63, 3.8) is 0 Å². The monoisotopic (exact) mass is 305 g/mol. The number of hydrogen-bond acceptors (Lipinski definition) is 4. The average Bonchev–Trinajstić information content (AvgIpc) is 2.98. The summed E-state index contributed by atoms with van der Waals surface area (Å²) in [5.41, 5.74) is 3.21. The number of carboxylic acid groups (broad SMARTS) is 1. The van der Waals surface area contributed by atoms with Gasteiger partial charge in [0.1, 0.15) is 0 Å². The first-order valence-electron chi connectivity index (χ1n) is 6.33. The molecule has 1 atom stereocenters. The Kier molecular flexibility index (Phi) is 5.28. The summed E-state index contributed by atoms with van der Waals surface area (Å²) >= 11 is 1.45. The Bertz CT molecular complexity index is 587. The van der Waals surface area contributed by atoms with E-state index in [-0.39, 0.29) is 6.42 Å². The highest BCUT2D eigenvalue weighted by Crippen LogP contribution is 2.16. The van der Waals surface area contributed by atoms with Crippen LogP contribution in [0.2, 0.25) is 0 Å². The maximum absolute atomic E-state index is 11.9. The lowest BCUT2D eigenvalue weighted by Crippen LogP contribution is -2.38. The predicted octanol–water partition coefficient (Wildman–Crippen LogP) is 2.16. The molecule has 0 saturated heterocycles. The number of aromatic nitrogens is 1. The number of nitrogens with one attached hydrogen (secondary N) is 2. The van der Waals surface area contributed by atoms with Crippen LogP contribution >= 0.6 is 11.3 Å². The quantitative estimate of drug-likeness (QED) is 0.762. The molecule has 1 aromatic heterocycles. The molecule has 1 unspecified atom stereocenters. The zero-order valence-electron chi connectivity index (χ0n) is 11.2. The molecule has 6 nitrogen and oxygen atoms in total. The fourth-order valence-electron chi connectivity index (χ4n) is 1.82. The number of amides is 2. The summed E-state index contributed by atoms with van der Waals surface area (Å²) in [6.45, 7) is 0.309. The summed E-state index contributed by atoms with van der Waals surface area (Å²) in [6.07, 6.45) is -0.172. The van der Waals surface area contributed by atoms with Crippen molar-refractivity contribution in [1.82, 2.24) is 15.6 Å². The van der Waals surface area contributed by atoms with E-state index in [1.165, 1.54) is 11.3 Å². The lowest BCUT2D eigenvalue weighted by Gasteiger charge is -2.17. The van der Waals surface area contributed by atoms with Gasteiger partial charge in [-0.1, -0.05) is 30.3 Å². The van der Waals surface area contributed by atoms with Crippen LogP contribution in [0.25, 0.3) is 0 Å². The molecule has 0 spiro atoms. The molecule has 0 aliphatic carbocycles. The molecule has 1 heterocycles. The minimum absolute atomic E-state index is 0.172. The fourth-order valence-corrected chi connectivity index (χ4v) is 2.38. The largest absolute Gasteiger partial charge is 0.481 e. The first-order valence-corrected chi connectivity index (χ1v) is 7.27. The number of carboxylic acids is 1. The molecular weight excluding hydrogens is 290 g/mol. The number of carbonyl (C=O) groups is 2. The molecule has 0 aliphatic heterocycles. The lowest BCUT2D eigenvalue weighted by atomic mass is 10.0. The molecule has 0 fully saturated rings. The van der Waals surface area contributed by atoms with Crippen molar-refractivity contribution >= 4 is 23.3 Å². The van der Waals surface area contributed by atoms with E-state index in [0.717, 1.165) is 11.3 Å². The molecule has 110 valence electrons. The Hall–Kier alpha value is -2.41. The van der Waals surface area contributed by atoms with E-state index in [1.807, 2.05) is 11.4 Å². The van der Waals surface area contributed by atoms with E-state index in [4.69, 9.17) is 5.11 Å². The van der Waals surface area contributed by atoms with Crippen LogP contribution in [-0.4, -0.2) is 22.1 Å². The summed E-state index contributed by atoms with van der Waals surface area (Å²) in [4.78, 5) is 26.8. The molecule has 3 N–H and O–H groups in total. The van der Waals surface area contributed by atoms with Crippen LogP contribution in [0.1, 0.15) is 23.7 Å². The van der Waals surface area contributed by atoms with Gasteiger partial charge in [-0.15, -0.1) is 11.3 Å². The molecule has 0 radical (unpaired) electrons. The van der Waals surface area contributed by atoms with Crippen molar-refractivity contribution in [2.24, 2.45) is 0 Å². The van der Waals surface area contributed by atoms with Gasteiger partial charge in [-0.25, -0.2) is 9.78 Å². The second-order valence-electron chi connectivity index (χ2n) is 4.37. The smallest absolute Gasteiger partial charge is 0.315 e. The van der Waals surface area contributed by atoms with E-state index >= 15 is 0 Å². The zero-order chi connectivity index (χ0) is 15.1. The summed E-state index contributed by atoms with van der Waals surface area (Å²) in [5, 5.41) is 16.1. The third kappa shape index (κ3) is 4.88. The minimum Gasteiger partial charge on any atom is -0.481 e. The van der Waals surface area contributed by atoms with E-state index in [0.29, 0.717) is 6.54 Å². The van der Waals surface area contributed by atoms with Crippen molar-refractivity contribution in [1.29, 1.82) is 0 Å². The molecule has 0 aliphatic rings. The van der Waals surface area contributed by atoms with Gasteiger partial charge in [0.25, 0.3) is 0 Å². The van der Waals surface area contributed by atoms with Crippen LogP contribution in [0, 0.1) is 0 Å². The average molecular weight is 305 g/mol. The number of thiazole rings is 1. The molecule has 2 rings (SSSR count). The number of aliphatic carboxylic acids is 1. The predicted molar refractivity (Wildman–Crippen MR) is 78.9 cm³/mol. The summed E-state index contributed by atoms with van der Waals surface area (Å²) in [6, 6.07) is 8.03. The van der Waals surface area contributed by atoms with Crippen molar-refractivity contribution < 1.29 is 14.7 Å². The van der Waals surface area contributed by atoms with Crippen LogP contribution in [0.3, 0.4) is 0 Å². The Morgan fingerprint density at radius 3 is 2.67 bits per heavy atom. The fraction of sp³-hybridized carbons (Fsp3) is 0.214. The number of hydrogen-bond donors (Lipinski definition) is 3. The first-order chi connectivity index (χ1) is 10.1. The van der Waals surface area contributed by atoms with Gasteiger partial charge in [-0.2, -0.15) is 0 Å². The van der Waals surface area contributed by atoms with Gasteiger partial charge in [0, 0.05) is 5.38 Å². The Labute approximate surface area is 125 Å². The summed E-state index contributed by atoms with van der Waals surface area (Å²) < 4.78 is 0. The van der Waals surface area contributed by atoms with E-state index < -0.39 is 18.0 Å². The third-order valence-corrected chi connectivity index (χ3v) is 3.43. The molecule has 1 aromatic carbocycles. The van der Waals surface area contributed by atoms with Crippen LogP contribution < -0.4 is 10.6 Å². The highest BCUT2D eigenvalue weighted by molar-refractivity contribution is 7.07. The van der Waals surface area contributed by atoms with Crippen LogP contribution in [-0.2, 0) is 11.3 Å². The van der Waals surface area contributed by atoms with E-state index in [9.17, 15) is 9.59 Å². The van der Waals surface area contributed by atoms with E-state index in [2.05, 4.69) is 15.6 Å². The van der Waals surface area contributed by atoms with Crippen molar-refractivity contribution in [2.45, 2.75) is 19.0 Å². The zero-order valence-corrected chi connectivity index (χ0v) is 12.0. The number of rotatable bonds is 6. The number of carbonyl (C=O) groups excluding carboxylic acids is 1. The molecular formula is C14H15N3O3S. The van der Waals surface area contributed by atoms with Gasteiger partial charge < -0.3 is 15.7 Å². The third-order valence-electron chi connectivity index (χ3n) is 2.80. The SMILES string of the molecule is O=C(O)CC(NC(=O)NCc1cscn1)c1ccccc1. The van der Waals surface area contributed by atoms with Gasteiger partial charge in [-0.05, 0) is 5.56 Å². The van der Waals surface area contributed by atoms with Gasteiger partial charge in [-0.3, -0.25) is 4.79 Å². The van der Waals surface area contributed by atoms with Crippen LogP contribution in [0.15, 0.2) is 41.2 Å². The van der Waals surface area contributed by atoms with Gasteiger partial charge in [0.05, 0.1) is 30.2 Å². The second kappa shape index (κ2) is 7.39. The molecule has 0 bridgehead atoms.